The topological polar surface area (TPSA) is 117 Å². The molecule has 3 aromatic rings. The summed E-state index contributed by atoms with van der Waals surface area (Å²) < 4.78 is 12.9. The van der Waals surface area contributed by atoms with Crippen molar-refractivity contribution in [2.75, 3.05) is 0 Å². The first kappa shape index (κ1) is 20.6. The number of esters is 2. The summed E-state index contributed by atoms with van der Waals surface area (Å²) >= 11 is 0. The number of H-pyrrole nitrogens is 1. The molecule has 1 fully saturated rings. The van der Waals surface area contributed by atoms with Gasteiger partial charge in [0, 0.05) is 38.8 Å². The molecule has 1 saturated heterocycles. The van der Waals surface area contributed by atoms with Gasteiger partial charge in [0.05, 0.1) is 7.05 Å². The number of hydrogen-bond acceptors (Lipinski definition) is 6. The van der Waals surface area contributed by atoms with Crippen molar-refractivity contribution in [3.8, 4) is 0 Å². The number of cyclic esters (lactones) is 2. The Kier molecular flexibility index (Phi) is 4.64. The summed E-state index contributed by atoms with van der Waals surface area (Å²) in [6.07, 6.45) is 0. The van der Waals surface area contributed by atoms with Gasteiger partial charge in [-0.1, -0.05) is 18.2 Å². The number of ether oxygens (including phenoxy) is 2. The first-order valence-electron chi connectivity index (χ1n) is 9.85. The van der Waals surface area contributed by atoms with E-state index in [4.69, 9.17) is 9.47 Å². The van der Waals surface area contributed by atoms with E-state index in [0.717, 1.165) is 0 Å². The number of benzene rings is 1. The maximum absolute atomic E-state index is 13.1. The molecule has 0 bridgehead atoms. The first-order valence-corrected chi connectivity index (χ1v) is 9.85. The molecule has 9 heteroatoms. The van der Waals surface area contributed by atoms with Crippen molar-refractivity contribution in [1.29, 1.82) is 0 Å². The fourth-order valence-corrected chi connectivity index (χ4v) is 4.07. The van der Waals surface area contributed by atoms with E-state index >= 15 is 0 Å². The third-order valence-electron chi connectivity index (χ3n) is 5.81. The van der Waals surface area contributed by atoms with Crippen LogP contribution in [0.15, 0.2) is 35.1 Å². The molecule has 0 saturated carbocycles. The lowest BCUT2D eigenvalue weighted by atomic mass is 9.84. The van der Waals surface area contributed by atoms with Crippen molar-refractivity contribution in [2.45, 2.75) is 39.4 Å². The zero-order valence-corrected chi connectivity index (χ0v) is 17.9. The Balaban J connectivity index is 2.01. The summed E-state index contributed by atoms with van der Waals surface area (Å²) in [7, 11) is 1.65. The van der Waals surface area contributed by atoms with Gasteiger partial charge >= 0.3 is 11.9 Å². The van der Waals surface area contributed by atoms with Gasteiger partial charge in [0.15, 0.2) is 5.92 Å². The number of aromatic amines is 1. The SMILES string of the molecule is Cc1c(C)[n+]([O-])c([C@H](c2cc3ccccc3[nH]c2=O)C2C(=O)OC(C)(C)OC2=O)n1C. The summed E-state index contributed by atoms with van der Waals surface area (Å²) in [5, 5.41) is 13.8. The van der Waals surface area contributed by atoms with Crippen LogP contribution in [0.1, 0.15) is 42.5 Å². The fraction of sp³-hybridized carbons (Fsp3) is 0.364. The Bertz CT molecular complexity index is 1240. The highest BCUT2D eigenvalue weighted by Gasteiger charge is 2.52. The van der Waals surface area contributed by atoms with Crippen LogP contribution in [0.3, 0.4) is 0 Å². The largest absolute Gasteiger partial charge is 0.711 e. The highest BCUT2D eigenvalue weighted by Crippen LogP contribution is 2.37. The second-order valence-electron chi connectivity index (χ2n) is 8.22. The van der Waals surface area contributed by atoms with E-state index in [1.54, 1.807) is 55.8 Å². The number of fused-ring (bicyclic) bond motifs is 1. The fourth-order valence-electron chi connectivity index (χ4n) is 4.07. The third-order valence-corrected chi connectivity index (χ3v) is 5.81. The van der Waals surface area contributed by atoms with Crippen LogP contribution in [0.5, 0.6) is 0 Å². The maximum atomic E-state index is 13.1. The number of aromatic nitrogens is 3. The average molecular weight is 425 g/mol. The predicted molar refractivity (Wildman–Crippen MR) is 110 cm³/mol. The molecule has 1 atom stereocenters. The van der Waals surface area contributed by atoms with E-state index in [-0.39, 0.29) is 11.4 Å². The van der Waals surface area contributed by atoms with Crippen LogP contribution in [-0.2, 0) is 26.1 Å². The molecule has 1 aliphatic rings. The summed E-state index contributed by atoms with van der Waals surface area (Å²) in [5.41, 5.74) is 1.23. The molecule has 162 valence electrons. The number of carbonyl (C=O) groups excluding carboxylic acids is 2. The molecular formula is C22H23N3O6. The molecule has 4 rings (SSSR count). The smallest absolute Gasteiger partial charge is 0.324 e. The molecule has 1 aliphatic heterocycles. The predicted octanol–water partition coefficient (Wildman–Crippen LogP) is 1.70. The normalized spacial score (nSPS) is 17.5. The van der Waals surface area contributed by atoms with Gasteiger partial charge in [0.1, 0.15) is 17.3 Å². The van der Waals surface area contributed by atoms with Gasteiger partial charge in [0.25, 0.3) is 17.2 Å². The molecule has 9 nitrogen and oxygen atoms in total. The van der Waals surface area contributed by atoms with Crippen LogP contribution < -0.4 is 10.3 Å². The van der Waals surface area contributed by atoms with Gasteiger partial charge < -0.3 is 19.7 Å². The van der Waals surface area contributed by atoms with E-state index in [0.29, 0.717) is 27.0 Å². The van der Waals surface area contributed by atoms with Crippen molar-refractivity contribution >= 4 is 22.8 Å². The maximum Gasteiger partial charge on any atom is 0.324 e. The molecule has 1 aromatic carbocycles. The van der Waals surface area contributed by atoms with Gasteiger partial charge in [-0.15, -0.1) is 0 Å². The standard InChI is InChI=1S/C22H23N3O6/c1-11-12(2)25(29)19(24(11)5)16(17-20(27)30-22(3,4)31-21(17)28)14-10-13-8-6-7-9-15(13)23-18(14)26/h6-10,16-17H,1-5H3,(H,23,26)/t16-/m1/s1. The number of carbonyl (C=O) groups is 2. The van der Waals surface area contributed by atoms with E-state index in [2.05, 4.69) is 4.98 Å². The van der Waals surface area contributed by atoms with E-state index in [9.17, 15) is 19.6 Å². The summed E-state index contributed by atoms with van der Waals surface area (Å²) in [4.78, 5) is 41.7. The van der Waals surface area contributed by atoms with Crippen LogP contribution in [0.4, 0.5) is 0 Å². The molecule has 31 heavy (non-hydrogen) atoms. The van der Waals surface area contributed by atoms with Crippen molar-refractivity contribution in [1.82, 2.24) is 9.55 Å². The Morgan fingerprint density at radius 2 is 1.74 bits per heavy atom. The van der Waals surface area contributed by atoms with E-state index in [1.165, 1.54) is 13.8 Å². The molecule has 0 spiro atoms. The lowest BCUT2D eigenvalue weighted by Gasteiger charge is -2.35. The zero-order chi connectivity index (χ0) is 22.7. The molecule has 2 aromatic heterocycles. The van der Waals surface area contributed by atoms with Crippen molar-refractivity contribution < 1.29 is 23.8 Å². The van der Waals surface area contributed by atoms with Crippen molar-refractivity contribution in [3.63, 3.8) is 0 Å². The Morgan fingerprint density at radius 3 is 2.32 bits per heavy atom. The Labute approximate surface area is 177 Å². The first-order chi connectivity index (χ1) is 14.5. The second kappa shape index (κ2) is 6.97. The van der Waals surface area contributed by atoms with Gasteiger partial charge in [-0.3, -0.25) is 14.4 Å². The molecule has 0 amide bonds. The average Bonchev–Trinajstić information content (AvgIpc) is 2.87. The van der Waals surface area contributed by atoms with Crippen molar-refractivity contribution in [3.05, 3.63) is 68.7 Å². The number of nitrogens with zero attached hydrogens (tertiary/aromatic N) is 2. The Hall–Kier alpha value is -3.62. The van der Waals surface area contributed by atoms with Gasteiger partial charge in [-0.2, -0.15) is 0 Å². The zero-order valence-electron chi connectivity index (χ0n) is 17.9. The summed E-state index contributed by atoms with van der Waals surface area (Å²) in [5.74, 6) is -5.78. The number of hydrogen-bond donors (Lipinski definition) is 1. The van der Waals surface area contributed by atoms with E-state index in [1.807, 2.05) is 0 Å². The molecule has 1 N–H and O–H groups in total. The molecule has 0 radical (unpaired) electrons. The minimum Gasteiger partial charge on any atom is -0.711 e. The second-order valence-corrected chi connectivity index (χ2v) is 8.22. The van der Waals surface area contributed by atoms with Crippen LogP contribution in [0.2, 0.25) is 0 Å². The molecule has 0 unspecified atom stereocenters. The highest BCUT2D eigenvalue weighted by atomic mass is 16.7. The summed E-state index contributed by atoms with van der Waals surface area (Å²) in [6, 6.07) is 8.71. The number of rotatable bonds is 3. The van der Waals surface area contributed by atoms with Gasteiger partial charge in [-0.05, 0) is 17.5 Å². The van der Waals surface area contributed by atoms with E-state index < -0.39 is 35.1 Å². The highest BCUT2D eigenvalue weighted by molar-refractivity contribution is 5.98. The Morgan fingerprint density at radius 1 is 1.13 bits per heavy atom. The number of para-hydroxylation sites is 1. The summed E-state index contributed by atoms with van der Waals surface area (Å²) in [6.45, 7) is 6.27. The monoisotopic (exact) mass is 425 g/mol. The van der Waals surface area contributed by atoms with Gasteiger partial charge in [0.2, 0.25) is 0 Å². The molecule has 0 aliphatic carbocycles. The minimum absolute atomic E-state index is 0.0781. The lowest BCUT2D eigenvalue weighted by Crippen LogP contribution is -2.51. The molecular weight excluding hydrogens is 402 g/mol. The minimum atomic E-state index is -1.51. The van der Waals surface area contributed by atoms with Crippen LogP contribution in [-0.4, -0.2) is 27.3 Å². The quantitative estimate of drug-likeness (QED) is 0.295. The molecule has 3 heterocycles. The number of imidazole rings is 1. The van der Waals surface area contributed by atoms with Crippen LogP contribution in [0.25, 0.3) is 10.9 Å². The van der Waals surface area contributed by atoms with Crippen LogP contribution >= 0.6 is 0 Å². The third kappa shape index (κ3) is 3.26. The van der Waals surface area contributed by atoms with Crippen molar-refractivity contribution in [2.24, 2.45) is 13.0 Å². The number of pyridine rings is 1. The van der Waals surface area contributed by atoms with Gasteiger partial charge in [-0.25, -0.2) is 9.30 Å². The van der Waals surface area contributed by atoms with Crippen LogP contribution in [0, 0.1) is 25.0 Å². The lowest BCUT2D eigenvalue weighted by molar-refractivity contribution is -0.621. The number of nitrogens with one attached hydrogen (secondary N) is 1.